The largest absolute Gasteiger partial charge is 0.493 e. The minimum Gasteiger partial charge on any atom is -0.493 e. The standard InChI is InChI=1S/C24H24N4O3S/c1-5-11-28-23(20-13-17-7-6-8-19(30-4)22(17)31-20)26-27-24(28)32-14-21(29)25-18-10-9-15(2)12-16(18)3/h5-10,12-13H,1,11,14H2,2-4H3,(H,25,29). The number of carbonyl (C=O) groups is 1. The minimum atomic E-state index is -0.106. The summed E-state index contributed by atoms with van der Waals surface area (Å²) in [7, 11) is 1.61. The summed E-state index contributed by atoms with van der Waals surface area (Å²) in [6.07, 6.45) is 1.76. The first-order valence-corrected chi connectivity index (χ1v) is 11.1. The summed E-state index contributed by atoms with van der Waals surface area (Å²) < 4.78 is 13.3. The van der Waals surface area contributed by atoms with Crippen molar-refractivity contribution in [2.24, 2.45) is 0 Å². The van der Waals surface area contributed by atoms with Gasteiger partial charge in [0.1, 0.15) is 0 Å². The molecule has 8 heteroatoms. The van der Waals surface area contributed by atoms with Crippen molar-refractivity contribution in [2.75, 3.05) is 18.2 Å². The van der Waals surface area contributed by atoms with Gasteiger partial charge in [0.15, 0.2) is 22.2 Å². The van der Waals surface area contributed by atoms with Gasteiger partial charge in [0.25, 0.3) is 0 Å². The molecule has 32 heavy (non-hydrogen) atoms. The molecular formula is C24H24N4O3S. The maximum Gasteiger partial charge on any atom is 0.234 e. The monoisotopic (exact) mass is 448 g/mol. The van der Waals surface area contributed by atoms with E-state index in [0.29, 0.717) is 34.6 Å². The second kappa shape index (κ2) is 9.32. The number of nitrogens with zero attached hydrogens (tertiary/aromatic N) is 3. The normalized spacial score (nSPS) is 11.0. The van der Waals surface area contributed by atoms with E-state index in [-0.39, 0.29) is 11.7 Å². The molecule has 0 atom stereocenters. The van der Waals surface area contributed by atoms with E-state index >= 15 is 0 Å². The number of furan rings is 1. The highest BCUT2D eigenvalue weighted by atomic mass is 32.2. The lowest BCUT2D eigenvalue weighted by molar-refractivity contribution is -0.113. The van der Waals surface area contributed by atoms with Crippen molar-refractivity contribution >= 4 is 34.3 Å². The number of benzene rings is 2. The number of carbonyl (C=O) groups excluding carboxylic acids is 1. The maximum absolute atomic E-state index is 12.5. The zero-order valence-electron chi connectivity index (χ0n) is 18.2. The fraction of sp³-hybridized carbons (Fsp3) is 0.208. The van der Waals surface area contributed by atoms with Crippen LogP contribution in [0.25, 0.3) is 22.6 Å². The Morgan fingerprint density at radius 3 is 2.84 bits per heavy atom. The number of aromatic nitrogens is 3. The Morgan fingerprint density at radius 1 is 1.25 bits per heavy atom. The van der Waals surface area contributed by atoms with Gasteiger partial charge in [-0.3, -0.25) is 9.36 Å². The highest BCUT2D eigenvalue weighted by molar-refractivity contribution is 7.99. The third kappa shape index (κ3) is 4.40. The van der Waals surface area contributed by atoms with E-state index in [1.165, 1.54) is 11.8 Å². The first-order chi connectivity index (χ1) is 15.5. The van der Waals surface area contributed by atoms with E-state index in [4.69, 9.17) is 9.15 Å². The number of para-hydroxylation sites is 1. The molecule has 0 aliphatic rings. The van der Waals surface area contributed by atoms with Crippen molar-refractivity contribution < 1.29 is 13.9 Å². The first kappa shape index (κ1) is 21.7. The van der Waals surface area contributed by atoms with Crippen molar-refractivity contribution in [3.8, 4) is 17.3 Å². The smallest absolute Gasteiger partial charge is 0.234 e. The molecule has 0 saturated carbocycles. The number of amides is 1. The number of anilines is 1. The first-order valence-electron chi connectivity index (χ1n) is 10.1. The molecule has 0 bridgehead atoms. The number of ether oxygens (including phenoxy) is 1. The summed E-state index contributed by atoms with van der Waals surface area (Å²) in [5.41, 5.74) is 3.65. The van der Waals surface area contributed by atoms with Crippen molar-refractivity contribution in [3.05, 3.63) is 66.2 Å². The van der Waals surface area contributed by atoms with Crippen LogP contribution >= 0.6 is 11.8 Å². The Balaban J connectivity index is 1.54. The summed E-state index contributed by atoms with van der Waals surface area (Å²) in [6, 6.07) is 13.5. The van der Waals surface area contributed by atoms with E-state index in [1.807, 2.05) is 60.9 Å². The number of fused-ring (bicyclic) bond motifs is 1. The van der Waals surface area contributed by atoms with Gasteiger partial charge in [0.2, 0.25) is 11.7 Å². The average Bonchev–Trinajstić information content (AvgIpc) is 3.38. The summed E-state index contributed by atoms with van der Waals surface area (Å²) >= 11 is 1.32. The van der Waals surface area contributed by atoms with Gasteiger partial charge in [-0.25, -0.2) is 0 Å². The van der Waals surface area contributed by atoms with Crippen LogP contribution in [0.2, 0.25) is 0 Å². The molecule has 4 rings (SSSR count). The number of allylic oxidation sites excluding steroid dienone is 1. The third-order valence-electron chi connectivity index (χ3n) is 4.97. The highest BCUT2D eigenvalue weighted by Crippen LogP contribution is 2.34. The number of nitrogens with one attached hydrogen (secondary N) is 1. The van der Waals surface area contributed by atoms with Crippen LogP contribution in [0.1, 0.15) is 11.1 Å². The second-order valence-corrected chi connectivity index (χ2v) is 8.29. The lowest BCUT2D eigenvalue weighted by Gasteiger charge is -2.09. The summed E-state index contributed by atoms with van der Waals surface area (Å²) in [5, 5.41) is 13.1. The predicted molar refractivity (Wildman–Crippen MR) is 127 cm³/mol. The number of hydrogen-bond donors (Lipinski definition) is 1. The Morgan fingerprint density at radius 2 is 2.09 bits per heavy atom. The van der Waals surface area contributed by atoms with Gasteiger partial charge in [0.05, 0.1) is 12.9 Å². The summed E-state index contributed by atoms with van der Waals surface area (Å²) in [5.74, 6) is 1.90. The topological polar surface area (TPSA) is 82.2 Å². The Labute approximate surface area is 190 Å². The van der Waals surface area contributed by atoms with E-state index in [2.05, 4.69) is 22.1 Å². The molecule has 164 valence electrons. The minimum absolute atomic E-state index is 0.106. The van der Waals surface area contributed by atoms with Gasteiger partial charge < -0.3 is 14.5 Å². The number of thioether (sulfide) groups is 1. The molecular weight excluding hydrogens is 424 g/mol. The van der Waals surface area contributed by atoms with E-state index in [9.17, 15) is 4.79 Å². The van der Waals surface area contributed by atoms with Crippen LogP contribution in [0.4, 0.5) is 5.69 Å². The second-order valence-electron chi connectivity index (χ2n) is 7.35. The predicted octanol–water partition coefficient (Wildman–Crippen LogP) is 5.23. The zero-order valence-corrected chi connectivity index (χ0v) is 19.0. The fourth-order valence-electron chi connectivity index (χ4n) is 3.45. The van der Waals surface area contributed by atoms with Gasteiger partial charge in [-0.1, -0.05) is 47.7 Å². The molecule has 7 nitrogen and oxygen atoms in total. The Hall–Kier alpha value is -3.52. The van der Waals surface area contributed by atoms with E-state index < -0.39 is 0 Å². The van der Waals surface area contributed by atoms with Crippen LogP contribution in [0.5, 0.6) is 5.75 Å². The summed E-state index contributed by atoms with van der Waals surface area (Å²) in [4.78, 5) is 12.5. The van der Waals surface area contributed by atoms with E-state index in [0.717, 1.165) is 22.2 Å². The zero-order chi connectivity index (χ0) is 22.7. The molecule has 0 aliphatic heterocycles. The number of rotatable bonds is 8. The number of hydrogen-bond acceptors (Lipinski definition) is 6. The highest BCUT2D eigenvalue weighted by Gasteiger charge is 2.19. The van der Waals surface area contributed by atoms with Gasteiger partial charge in [-0.15, -0.1) is 16.8 Å². The van der Waals surface area contributed by atoms with Crippen molar-refractivity contribution in [3.63, 3.8) is 0 Å². The molecule has 2 aromatic heterocycles. The van der Waals surface area contributed by atoms with Crippen LogP contribution in [-0.2, 0) is 11.3 Å². The lowest BCUT2D eigenvalue weighted by Crippen LogP contribution is -2.15. The van der Waals surface area contributed by atoms with Crippen molar-refractivity contribution in [1.82, 2.24) is 14.8 Å². The van der Waals surface area contributed by atoms with Crippen LogP contribution in [-0.4, -0.2) is 33.5 Å². The van der Waals surface area contributed by atoms with Gasteiger partial charge >= 0.3 is 0 Å². The van der Waals surface area contributed by atoms with Crippen LogP contribution < -0.4 is 10.1 Å². The fourth-order valence-corrected chi connectivity index (χ4v) is 4.20. The molecule has 2 heterocycles. The number of aryl methyl sites for hydroxylation is 2. The molecule has 0 saturated heterocycles. The molecule has 2 aromatic carbocycles. The van der Waals surface area contributed by atoms with E-state index in [1.54, 1.807) is 13.2 Å². The number of methoxy groups -OCH3 is 1. The molecule has 1 N–H and O–H groups in total. The molecule has 0 radical (unpaired) electrons. The van der Waals surface area contributed by atoms with Gasteiger partial charge in [-0.05, 0) is 37.6 Å². The average molecular weight is 449 g/mol. The van der Waals surface area contributed by atoms with Gasteiger partial charge in [0, 0.05) is 17.6 Å². The van der Waals surface area contributed by atoms with Crippen LogP contribution in [0, 0.1) is 13.8 Å². The van der Waals surface area contributed by atoms with Crippen molar-refractivity contribution in [1.29, 1.82) is 0 Å². The molecule has 0 aliphatic carbocycles. The van der Waals surface area contributed by atoms with Crippen molar-refractivity contribution in [2.45, 2.75) is 25.5 Å². The molecule has 0 fully saturated rings. The van der Waals surface area contributed by atoms with Gasteiger partial charge in [-0.2, -0.15) is 0 Å². The molecule has 0 unspecified atom stereocenters. The Bertz CT molecular complexity index is 1290. The van der Waals surface area contributed by atoms with Crippen LogP contribution in [0.3, 0.4) is 0 Å². The SMILES string of the molecule is C=CCn1c(SCC(=O)Nc2ccc(C)cc2C)nnc1-c1cc2cccc(OC)c2o1. The van der Waals surface area contributed by atoms with Crippen LogP contribution in [0.15, 0.2) is 64.7 Å². The molecule has 0 spiro atoms. The lowest BCUT2D eigenvalue weighted by atomic mass is 10.1. The summed E-state index contributed by atoms with van der Waals surface area (Å²) in [6.45, 7) is 8.32. The molecule has 4 aromatic rings. The Kier molecular flexibility index (Phi) is 6.32. The third-order valence-corrected chi connectivity index (χ3v) is 5.93. The molecule has 1 amide bonds. The quantitative estimate of drug-likeness (QED) is 0.293. The maximum atomic E-state index is 12.5.